The molecule has 1 unspecified atom stereocenters. The Kier molecular flexibility index (Phi) is 6.06. The molecule has 100 valence electrons. The molecule has 0 spiro atoms. The zero-order valence-electron chi connectivity index (χ0n) is 10.7. The Hall–Kier alpha value is -1.70. The lowest BCUT2D eigenvalue weighted by atomic mass is 9.98. The van der Waals surface area contributed by atoms with Crippen LogP contribution in [0.2, 0.25) is 0 Å². The molecule has 0 aliphatic carbocycles. The first kappa shape index (κ1) is 14.4. The van der Waals surface area contributed by atoms with Crippen molar-refractivity contribution in [2.24, 2.45) is 0 Å². The van der Waals surface area contributed by atoms with Gasteiger partial charge in [-0.15, -0.1) is 5.92 Å². The first-order chi connectivity index (χ1) is 8.65. The third kappa shape index (κ3) is 4.66. The summed E-state index contributed by atoms with van der Waals surface area (Å²) in [5.41, 5.74) is 0. The van der Waals surface area contributed by atoms with Gasteiger partial charge in [-0.3, -0.25) is 4.79 Å². The topological polar surface area (TPSA) is 69.6 Å². The van der Waals surface area contributed by atoms with E-state index in [0.29, 0.717) is 19.5 Å². The molecule has 1 saturated heterocycles. The van der Waals surface area contributed by atoms with Crippen LogP contribution in [-0.4, -0.2) is 41.1 Å². The number of carbonyl (C=O) groups is 2. The summed E-state index contributed by atoms with van der Waals surface area (Å²) in [6, 6.07) is -0.0859. The van der Waals surface area contributed by atoms with Gasteiger partial charge in [-0.2, -0.15) is 0 Å². The molecule has 1 heterocycles. The molecule has 5 heteroatoms. The van der Waals surface area contributed by atoms with Gasteiger partial charge in [0.15, 0.2) is 0 Å². The van der Waals surface area contributed by atoms with Crippen LogP contribution < -0.4 is 5.32 Å². The number of aliphatic carboxylic acids is 1. The fourth-order valence-electron chi connectivity index (χ4n) is 2.17. The lowest BCUT2D eigenvalue weighted by molar-refractivity contribution is -0.137. The highest BCUT2D eigenvalue weighted by Crippen LogP contribution is 2.20. The van der Waals surface area contributed by atoms with E-state index in [-0.39, 0.29) is 18.5 Å². The van der Waals surface area contributed by atoms with Crippen LogP contribution in [0.25, 0.3) is 0 Å². The quantitative estimate of drug-likeness (QED) is 0.744. The molecule has 0 saturated carbocycles. The fourth-order valence-corrected chi connectivity index (χ4v) is 2.17. The van der Waals surface area contributed by atoms with E-state index >= 15 is 0 Å². The van der Waals surface area contributed by atoms with E-state index in [1.54, 1.807) is 11.8 Å². The van der Waals surface area contributed by atoms with Crippen molar-refractivity contribution in [3.05, 3.63) is 0 Å². The highest BCUT2D eigenvalue weighted by Gasteiger charge is 2.26. The summed E-state index contributed by atoms with van der Waals surface area (Å²) in [6.45, 7) is 2.77. The number of amides is 2. The summed E-state index contributed by atoms with van der Waals surface area (Å²) >= 11 is 0. The number of nitrogens with zero attached hydrogens (tertiary/aromatic N) is 1. The van der Waals surface area contributed by atoms with Crippen LogP contribution in [-0.2, 0) is 4.79 Å². The maximum Gasteiger partial charge on any atom is 0.318 e. The maximum atomic E-state index is 11.9. The molecule has 0 aromatic carbocycles. The van der Waals surface area contributed by atoms with Crippen molar-refractivity contribution < 1.29 is 14.7 Å². The summed E-state index contributed by atoms with van der Waals surface area (Å²) in [6.07, 6.45) is 3.57. The van der Waals surface area contributed by atoms with E-state index in [2.05, 4.69) is 17.2 Å². The van der Waals surface area contributed by atoms with E-state index in [0.717, 1.165) is 19.3 Å². The van der Waals surface area contributed by atoms with Gasteiger partial charge < -0.3 is 15.3 Å². The lowest BCUT2D eigenvalue weighted by Crippen LogP contribution is -2.48. The minimum absolute atomic E-state index is 0.0458. The normalized spacial score (nSPS) is 18.7. The fraction of sp³-hybridized carbons (Fsp3) is 0.692. The molecule has 18 heavy (non-hydrogen) atoms. The molecule has 1 aliphatic heterocycles. The van der Waals surface area contributed by atoms with Crippen molar-refractivity contribution >= 4 is 12.0 Å². The zero-order valence-corrected chi connectivity index (χ0v) is 10.7. The highest BCUT2D eigenvalue weighted by atomic mass is 16.4. The monoisotopic (exact) mass is 252 g/mol. The number of hydrogen-bond donors (Lipinski definition) is 2. The molecule has 0 aromatic rings. The maximum absolute atomic E-state index is 11.9. The number of carboxylic acid groups (broad SMARTS) is 1. The number of carboxylic acids is 1. The zero-order chi connectivity index (χ0) is 13.4. The van der Waals surface area contributed by atoms with Gasteiger partial charge in [-0.1, -0.05) is 5.92 Å². The van der Waals surface area contributed by atoms with Gasteiger partial charge in [-0.05, 0) is 32.6 Å². The van der Waals surface area contributed by atoms with Gasteiger partial charge in [0.25, 0.3) is 0 Å². The summed E-state index contributed by atoms with van der Waals surface area (Å²) in [7, 11) is 0. The lowest BCUT2D eigenvalue weighted by Gasteiger charge is -2.35. The van der Waals surface area contributed by atoms with Crippen LogP contribution in [0.5, 0.6) is 0 Å². The van der Waals surface area contributed by atoms with Crippen LogP contribution in [0.15, 0.2) is 0 Å². The molecule has 0 bridgehead atoms. The molecule has 1 fully saturated rings. The molecule has 1 atom stereocenters. The first-order valence-electron chi connectivity index (χ1n) is 6.31. The molecule has 1 aliphatic rings. The van der Waals surface area contributed by atoms with Crippen molar-refractivity contribution in [2.75, 3.05) is 13.1 Å². The van der Waals surface area contributed by atoms with Crippen LogP contribution in [0.4, 0.5) is 4.79 Å². The largest absolute Gasteiger partial charge is 0.481 e. The Morgan fingerprint density at radius 2 is 2.22 bits per heavy atom. The Morgan fingerprint density at radius 1 is 1.44 bits per heavy atom. The molecule has 1 rings (SSSR count). The van der Waals surface area contributed by atoms with E-state index in [1.165, 1.54) is 0 Å². The van der Waals surface area contributed by atoms with Crippen molar-refractivity contribution in [3.8, 4) is 11.8 Å². The van der Waals surface area contributed by atoms with Crippen LogP contribution in [0.3, 0.4) is 0 Å². The Balaban J connectivity index is 2.48. The minimum Gasteiger partial charge on any atom is -0.481 e. The second kappa shape index (κ2) is 7.59. The number of carbonyl (C=O) groups excluding carboxylic acids is 1. The summed E-state index contributed by atoms with van der Waals surface area (Å²) in [5, 5.41) is 11.4. The standard InChI is InChI=1S/C13H20N2O3/c1-2-3-9-14-13(18)15-10-5-4-6-11(15)7-8-12(16)17/h11H,4-10H2,1H3,(H,14,18)(H,16,17). The van der Waals surface area contributed by atoms with Gasteiger partial charge in [0, 0.05) is 19.0 Å². The third-order valence-electron chi connectivity index (χ3n) is 3.08. The average Bonchev–Trinajstić information content (AvgIpc) is 2.37. The van der Waals surface area contributed by atoms with Crippen molar-refractivity contribution in [3.63, 3.8) is 0 Å². The molecule has 0 aromatic heterocycles. The number of hydrogen-bond acceptors (Lipinski definition) is 2. The SMILES string of the molecule is CC#CCNC(=O)N1CCCCC1CCC(=O)O. The van der Waals surface area contributed by atoms with Crippen molar-refractivity contribution in [1.82, 2.24) is 10.2 Å². The van der Waals surface area contributed by atoms with Crippen LogP contribution in [0.1, 0.15) is 39.0 Å². The molecule has 0 radical (unpaired) electrons. The van der Waals surface area contributed by atoms with Crippen LogP contribution in [0, 0.1) is 11.8 Å². The molecular weight excluding hydrogens is 232 g/mol. The van der Waals surface area contributed by atoms with E-state index in [4.69, 9.17) is 5.11 Å². The van der Waals surface area contributed by atoms with Gasteiger partial charge in [0.1, 0.15) is 0 Å². The third-order valence-corrected chi connectivity index (χ3v) is 3.08. The number of rotatable bonds is 4. The Morgan fingerprint density at radius 3 is 2.89 bits per heavy atom. The van der Waals surface area contributed by atoms with Gasteiger partial charge in [0.2, 0.25) is 0 Å². The predicted octanol–water partition coefficient (Wildman–Crippen LogP) is 1.44. The summed E-state index contributed by atoms with van der Waals surface area (Å²) < 4.78 is 0. The Labute approximate surface area is 108 Å². The smallest absolute Gasteiger partial charge is 0.318 e. The minimum atomic E-state index is -0.808. The molecule has 5 nitrogen and oxygen atoms in total. The van der Waals surface area contributed by atoms with Crippen LogP contribution >= 0.6 is 0 Å². The van der Waals surface area contributed by atoms with Gasteiger partial charge in [-0.25, -0.2) is 4.79 Å². The number of likely N-dealkylation sites (tertiary alicyclic amines) is 1. The number of nitrogens with one attached hydrogen (secondary N) is 1. The molecule has 2 amide bonds. The summed E-state index contributed by atoms with van der Waals surface area (Å²) in [4.78, 5) is 24.3. The van der Waals surface area contributed by atoms with E-state index in [9.17, 15) is 9.59 Å². The number of urea groups is 1. The second-order valence-corrected chi connectivity index (χ2v) is 4.36. The average molecular weight is 252 g/mol. The van der Waals surface area contributed by atoms with Crippen molar-refractivity contribution in [2.45, 2.75) is 45.1 Å². The second-order valence-electron chi connectivity index (χ2n) is 4.36. The molecule has 2 N–H and O–H groups in total. The highest BCUT2D eigenvalue weighted by molar-refractivity contribution is 5.75. The summed E-state index contributed by atoms with van der Waals surface area (Å²) in [5.74, 6) is 4.69. The number of piperidine rings is 1. The van der Waals surface area contributed by atoms with Crippen molar-refractivity contribution in [1.29, 1.82) is 0 Å². The Bertz CT molecular complexity index is 357. The van der Waals surface area contributed by atoms with Gasteiger partial charge >= 0.3 is 12.0 Å². The van der Waals surface area contributed by atoms with Gasteiger partial charge in [0.05, 0.1) is 6.54 Å². The van der Waals surface area contributed by atoms with E-state index in [1.807, 2.05) is 0 Å². The van der Waals surface area contributed by atoms with E-state index < -0.39 is 5.97 Å². The predicted molar refractivity (Wildman–Crippen MR) is 68.1 cm³/mol. The molecular formula is C13H20N2O3. The first-order valence-corrected chi connectivity index (χ1v) is 6.31.